The normalized spacial score (nSPS) is 19.2. The molecule has 5 rings (SSSR count). The van der Waals surface area contributed by atoms with Crippen molar-refractivity contribution in [1.82, 2.24) is 9.55 Å². The third-order valence-electron chi connectivity index (χ3n) is 5.86. The number of aromatic carboxylic acids is 1. The molecular weight excluding hydrogens is 395 g/mol. The quantitative estimate of drug-likeness (QED) is 0.485. The van der Waals surface area contributed by atoms with Crippen LogP contribution in [0.5, 0.6) is 0 Å². The first-order valence-corrected chi connectivity index (χ1v) is 9.29. The first-order chi connectivity index (χ1) is 14.3. The van der Waals surface area contributed by atoms with Crippen molar-refractivity contribution in [2.75, 3.05) is 0 Å². The lowest BCUT2D eigenvalue weighted by molar-refractivity contribution is -0.172. The van der Waals surface area contributed by atoms with E-state index in [1.54, 1.807) is 6.92 Å². The van der Waals surface area contributed by atoms with Gasteiger partial charge in [-0.2, -0.15) is 0 Å². The van der Waals surface area contributed by atoms with Crippen molar-refractivity contribution >= 4 is 22.8 Å². The summed E-state index contributed by atoms with van der Waals surface area (Å²) in [6, 6.07) is 5.15. The molecule has 1 atom stereocenters. The number of aromatic nitrogens is 2. The molecule has 30 heavy (non-hydrogen) atoms. The lowest BCUT2D eigenvalue weighted by atomic mass is 9.86. The van der Waals surface area contributed by atoms with E-state index in [1.807, 2.05) is 0 Å². The summed E-state index contributed by atoms with van der Waals surface area (Å²) in [5.74, 6) is -2.70. The Hall–Kier alpha value is -3.59. The number of benzene rings is 1. The van der Waals surface area contributed by atoms with Crippen molar-refractivity contribution in [1.29, 1.82) is 0 Å². The van der Waals surface area contributed by atoms with Gasteiger partial charge >= 0.3 is 11.9 Å². The second kappa shape index (κ2) is 5.96. The number of halogens is 1. The predicted octanol–water partition coefficient (Wildman–Crippen LogP) is 1.92. The predicted molar refractivity (Wildman–Crippen MR) is 101 cm³/mol. The molecule has 9 heteroatoms. The van der Waals surface area contributed by atoms with Gasteiger partial charge in [-0.05, 0) is 30.7 Å². The largest absolute Gasteiger partial charge is 0.478 e. The van der Waals surface area contributed by atoms with E-state index in [4.69, 9.17) is 4.74 Å². The minimum absolute atomic E-state index is 0.000610. The highest BCUT2D eigenvalue weighted by molar-refractivity contribution is 6.06. The second-order valence-corrected chi connectivity index (χ2v) is 7.38. The van der Waals surface area contributed by atoms with Crippen LogP contribution in [0.4, 0.5) is 4.39 Å². The number of aliphatic hydroxyl groups is 1. The minimum atomic E-state index is -1.97. The molecule has 0 saturated heterocycles. The molecule has 0 saturated carbocycles. The van der Waals surface area contributed by atoms with E-state index in [0.717, 1.165) is 6.07 Å². The van der Waals surface area contributed by atoms with Crippen LogP contribution in [0.2, 0.25) is 0 Å². The standard InChI is InChI=1S/C21H15FN2O6/c1-2-21(29)13-6-15-17-11(7-24(15)18(25)12(13)8-30-20(21)28)16(19(26)27)10-5-9(22)3-4-14(10)23-17/h3-6,29H,2,7-8H2,1H3,(H,26,27)/t21-/m1/s1. The number of carbonyl (C=O) groups excluding carboxylic acids is 1. The highest BCUT2D eigenvalue weighted by Crippen LogP contribution is 2.40. The van der Waals surface area contributed by atoms with Crippen LogP contribution in [0.25, 0.3) is 22.3 Å². The maximum Gasteiger partial charge on any atom is 0.343 e. The molecule has 0 aliphatic carbocycles. The van der Waals surface area contributed by atoms with E-state index in [-0.39, 0.29) is 58.4 Å². The van der Waals surface area contributed by atoms with Crippen LogP contribution in [-0.4, -0.2) is 31.7 Å². The average molecular weight is 410 g/mol. The Bertz CT molecular complexity index is 1360. The van der Waals surface area contributed by atoms with E-state index >= 15 is 0 Å². The van der Waals surface area contributed by atoms with Crippen molar-refractivity contribution in [2.24, 2.45) is 0 Å². The van der Waals surface area contributed by atoms with Gasteiger partial charge in [-0.3, -0.25) is 4.79 Å². The number of nitrogens with zero attached hydrogens (tertiary/aromatic N) is 2. The summed E-state index contributed by atoms with van der Waals surface area (Å²) in [6.07, 6.45) is -0.000610. The van der Waals surface area contributed by atoms with E-state index in [2.05, 4.69) is 4.98 Å². The van der Waals surface area contributed by atoms with Gasteiger partial charge in [-0.1, -0.05) is 6.92 Å². The number of ether oxygens (including phenoxy) is 1. The number of carboxylic acid groups (broad SMARTS) is 1. The van der Waals surface area contributed by atoms with Crippen LogP contribution < -0.4 is 5.56 Å². The van der Waals surface area contributed by atoms with Gasteiger partial charge in [-0.15, -0.1) is 0 Å². The molecule has 8 nitrogen and oxygen atoms in total. The summed E-state index contributed by atoms with van der Waals surface area (Å²) in [4.78, 5) is 41.9. The van der Waals surface area contributed by atoms with Crippen LogP contribution in [0.1, 0.15) is 40.4 Å². The molecule has 2 aromatic heterocycles. The molecule has 4 heterocycles. The molecule has 0 amide bonds. The summed E-state index contributed by atoms with van der Waals surface area (Å²) in [5, 5.41) is 20.8. The van der Waals surface area contributed by atoms with Crippen molar-refractivity contribution in [2.45, 2.75) is 32.1 Å². The average Bonchev–Trinajstić information content (AvgIpc) is 3.07. The number of cyclic esters (lactones) is 1. The number of carbonyl (C=O) groups is 2. The minimum Gasteiger partial charge on any atom is -0.478 e. The van der Waals surface area contributed by atoms with Gasteiger partial charge in [0.1, 0.15) is 12.4 Å². The first-order valence-electron chi connectivity index (χ1n) is 9.29. The molecule has 1 aromatic carbocycles. The van der Waals surface area contributed by atoms with Crippen molar-refractivity contribution in [3.05, 3.63) is 62.7 Å². The number of fused-ring (bicyclic) bond motifs is 5. The van der Waals surface area contributed by atoms with Gasteiger partial charge in [-0.25, -0.2) is 19.0 Å². The lowest BCUT2D eigenvalue weighted by Crippen LogP contribution is -2.44. The molecule has 0 bridgehead atoms. The number of hydrogen-bond acceptors (Lipinski definition) is 6. The second-order valence-electron chi connectivity index (χ2n) is 7.38. The summed E-state index contributed by atoms with van der Waals surface area (Å²) in [6.45, 7) is 1.24. The molecule has 3 aromatic rings. The number of rotatable bonds is 2. The molecule has 0 radical (unpaired) electrons. The fourth-order valence-corrected chi connectivity index (χ4v) is 4.30. The number of pyridine rings is 2. The third-order valence-corrected chi connectivity index (χ3v) is 5.86. The Kier molecular flexibility index (Phi) is 3.66. The topological polar surface area (TPSA) is 119 Å². The Morgan fingerprint density at radius 3 is 2.77 bits per heavy atom. The molecule has 152 valence electrons. The fourth-order valence-electron chi connectivity index (χ4n) is 4.30. The smallest absolute Gasteiger partial charge is 0.343 e. The molecule has 0 spiro atoms. The zero-order chi connectivity index (χ0) is 21.4. The monoisotopic (exact) mass is 410 g/mol. The molecule has 2 N–H and O–H groups in total. The van der Waals surface area contributed by atoms with Crippen molar-refractivity contribution < 1.29 is 28.9 Å². The first kappa shape index (κ1) is 18.4. The van der Waals surface area contributed by atoms with Gasteiger partial charge in [0.15, 0.2) is 5.60 Å². The summed E-state index contributed by atoms with van der Waals surface area (Å²) >= 11 is 0. The molecule has 0 unspecified atom stereocenters. The Morgan fingerprint density at radius 2 is 2.07 bits per heavy atom. The maximum absolute atomic E-state index is 13.8. The van der Waals surface area contributed by atoms with Gasteiger partial charge in [0.25, 0.3) is 5.56 Å². The number of esters is 1. The van der Waals surface area contributed by atoms with Crippen molar-refractivity contribution in [3.8, 4) is 11.4 Å². The van der Waals surface area contributed by atoms with Crippen LogP contribution in [0.15, 0.2) is 29.1 Å². The van der Waals surface area contributed by atoms with Crippen molar-refractivity contribution in [3.63, 3.8) is 0 Å². The zero-order valence-corrected chi connectivity index (χ0v) is 15.7. The number of hydrogen-bond donors (Lipinski definition) is 2. The summed E-state index contributed by atoms with van der Waals surface area (Å²) in [5.41, 5.74) is -1.23. The van der Waals surface area contributed by atoms with Gasteiger partial charge in [0.2, 0.25) is 0 Å². The van der Waals surface area contributed by atoms with Crippen LogP contribution >= 0.6 is 0 Å². The maximum atomic E-state index is 13.8. The van der Waals surface area contributed by atoms with E-state index in [1.165, 1.54) is 22.8 Å². The molecule has 2 aliphatic rings. The third kappa shape index (κ3) is 2.23. The highest BCUT2D eigenvalue weighted by Gasteiger charge is 2.45. The summed E-state index contributed by atoms with van der Waals surface area (Å²) in [7, 11) is 0. The van der Waals surface area contributed by atoms with E-state index in [9.17, 15) is 29.0 Å². The fraction of sp³-hybridized carbons (Fsp3) is 0.238. The summed E-state index contributed by atoms with van der Waals surface area (Å²) < 4.78 is 20.1. The van der Waals surface area contributed by atoms with Crippen LogP contribution in [-0.2, 0) is 28.3 Å². The highest BCUT2D eigenvalue weighted by atomic mass is 19.1. The number of carboxylic acids is 1. The Morgan fingerprint density at radius 1 is 1.30 bits per heavy atom. The SMILES string of the molecule is CC[C@]1(O)C(=O)OCc2c1cc1n(c2=O)Cc2c-1nc1ccc(F)cc1c2C(=O)O. The Labute approximate surface area is 168 Å². The Balaban J connectivity index is 1.86. The lowest BCUT2D eigenvalue weighted by Gasteiger charge is -2.31. The van der Waals surface area contributed by atoms with Gasteiger partial charge < -0.3 is 19.5 Å². The molecular formula is C21H15FN2O6. The van der Waals surface area contributed by atoms with Crippen LogP contribution in [0.3, 0.4) is 0 Å². The van der Waals surface area contributed by atoms with Gasteiger partial charge in [0.05, 0.1) is 34.6 Å². The van der Waals surface area contributed by atoms with E-state index < -0.39 is 28.9 Å². The van der Waals surface area contributed by atoms with Gasteiger partial charge in [0, 0.05) is 16.5 Å². The molecule has 0 fully saturated rings. The van der Waals surface area contributed by atoms with Crippen LogP contribution in [0, 0.1) is 5.82 Å². The van der Waals surface area contributed by atoms with E-state index in [0.29, 0.717) is 5.69 Å². The molecule has 2 aliphatic heterocycles. The zero-order valence-electron chi connectivity index (χ0n) is 15.7.